The maximum absolute atomic E-state index is 10.6. The van der Waals surface area contributed by atoms with E-state index < -0.39 is 5.97 Å². The molecular formula is C12H11NO3S. The molecule has 2 aromatic heterocycles. The van der Waals surface area contributed by atoms with Crippen molar-refractivity contribution in [2.45, 2.75) is 17.7 Å². The number of carbonyl (C=O) groups is 1. The third kappa shape index (κ3) is 3.10. The molecule has 0 radical (unpaired) electrons. The average molecular weight is 249 g/mol. The summed E-state index contributed by atoms with van der Waals surface area (Å²) in [7, 11) is 0. The van der Waals surface area contributed by atoms with E-state index in [1.807, 2.05) is 19.1 Å². The minimum Gasteiger partial charge on any atom is -0.478 e. The lowest BCUT2D eigenvalue weighted by Crippen LogP contribution is -1.96. The number of hydrogen-bond acceptors (Lipinski definition) is 4. The van der Waals surface area contributed by atoms with E-state index in [4.69, 9.17) is 9.52 Å². The standard InChI is InChI=1S/C12H11NO3S/c1-8-2-4-10(16-8)7-17-11-5-3-9(6-13-11)12(14)15/h2-6H,7H2,1H3,(H,14,15). The van der Waals surface area contributed by atoms with Gasteiger partial charge in [-0.15, -0.1) is 0 Å². The first-order valence-corrected chi connectivity index (χ1v) is 6.01. The lowest BCUT2D eigenvalue weighted by Gasteiger charge is -1.99. The Hall–Kier alpha value is -1.75. The number of pyridine rings is 1. The molecule has 5 heteroatoms. The Bertz CT molecular complexity index is 519. The third-order valence-electron chi connectivity index (χ3n) is 2.14. The van der Waals surface area contributed by atoms with Crippen molar-refractivity contribution >= 4 is 17.7 Å². The van der Waals surface area contributed by atoms with Gasteiger partial charge in [0.2, 0.25) is 0 Å². The van der Waals surface area contributed by atoms with E-state index in [-0.39, 0.29) is 5.56 Å². The van der Waals surface area contributed by atoms with Crippen molar-refractivity contribution in [3.63, 3.8) is 0 Å². The van der Waals surface area contributed by atoms with Gasteiger partial charge in [0.1, 0.15) is 11.5 Å². The third-order valence-corrected chi connectivity index (χ3v) is 3.11. The SMILES string of the molecule is Cc1ccc(CSc2ccc(C(=O)O)cn2)o1. The van der Waals surface area contributed by atoms with Crippen molar-refractivity contribution in [2.24, 2.45) is 0 Å². The maximum atomic E-state index is 10.6. The van der Waals surface area contributed by atoms with E-state index in [1.165, 1.54) is 18.0 Å². The number of furan rings is 1. The number of carboxylic acid groups (broad SMARTS) is 1. The molecule has 0 aromatic carbocycles. The minimum atomic E-state index is -0.962. The average Bonchev–Trinajstić information content (AvgIpc) is 2.73. The van der Waals surface area contributed by atoms with Crippen LogP contribution < -0.4 is 0 Å². The molecule has 17 heavy (non-hydrogen) atoms. The number of aromatic carboxylic acids is 1. The molecule has 0 unspecified atom stereocenters. The van der Waals surface area contributed by atoms with Crippen molar-refractivity contribution in [3.8, 4) is 0 Å². The van der Waals surface area contributed by atoms with Gasteiger partial charge < -0.3 is 9.52 Å². The van der Waals surface area contributed by atoms with E-state index in [2.05, 4.69) is 4.98 Å². The molecule has 0 saturated carbocycles. The molecule has 4 nitrogen and oxygen atoms in total. The number of thioether (sulfide) groups is 1. The quantitative estimate of drug-likeness (QED) is 0.844. The Labute approximate surface area is 103 Å². The number of aromatic nitrogens is 1. The predicted octanol–water partition coefficient (Wildman–Crippen LogP) is 2.97. The van der Waals surface area contributed by atoms with Crippen LogP contribution in [0.3, 0.4) is 0 Å². The van der Waals surface area contributed by atoms with Crippen LogP contribution in [0, 0.1) is 6.92 Å². The van der Waals surface area contributed by atoms with Crippen LogP contribution in [0.15, 0.2) is 39.9 Å². The first kappa shape index (κ1) is 11.7. The Morgan fingerprint density at radius 2 is 2.24 bits per heavy atom. The molecular weight excluding hydrogens is 238 g/mol. The van der Waals surface area contributed by atoms with E-state index in [9.17, 15) is 4.79 Å². The number of hydrogen-bond donors (Lipinski definition) is 1. The van der Waals surface area contributed by atoms with Gasteiger partial charge in [0.05, 0.1) is 16.3 Å². The van der Waals surface area contributed by atoms with Crippen LogP contribution in [0.1, 0.15) is 21.9 Å². The van der Waals surface area contributed by atoms with Gasteiger partial charge in [0.15, 0.2) is 0 Å². The topological polar surface area (TPSA) is 63.3 Å². The first-order chi connectivity index (χ1) is 8.15. The molecule has 0 saturated heterocycles. The summed E-state index contributed by atoms with van der Waals surface area (Å²) in [5.74, 6) is 1.50. The van der Waals surface area contributed by atoms with E-state index in [0.717, 1.165) is 16.5 Å². The van der Waals surface area contributed by atoms with Crippen LogP contribution in [-0.4, -0.2) is 16.1 Å². The van der Waals surface area contributed by atoms with Crippen LogP contribution >= 0.6 is 11.8 Å². The van der Waals surface area contributed by atoms with Crippen molar-refractivity contribution < 1.29 is 14.3 Å². The Morgan fingerprint density at radius 3 is 2.76 bits per heavy atom. The first-order valence-electron chi connectivity index (χ1n) is 5.02. The molecule has 88 valence electrons. The van der Waals surface area contributed by atoms with Crippen molar-refractivity contribution in [1.82, 2.24) is 4.98 Å². The van der Waals surface area contributed by atoms with Crippen LogP contribution in [-0.2, 0) is 5.75 Å². The summed E-state index contributed by atoms with van der Waals surface area (Å²) >= 11 is 1.51. The van der Waals surface area contributed by atoms with Crippen molar-refractivity contribution in [2.75, 3.05) is 0 Å². The second-order valence-corrected chi connectivity index (χ2v) is 4.49. The molecule has 2 aromatic rings. The lowest BCUT2D eigenvalue weighted by atomic mass is 10.3. The smallest absolute Gasteiger partial charge is 0.337 e. The van der Waals surface area contributed by atoms with Crippen LogP contribution in [0.4, 0.5) is 0 Å². The van der Waals surface area contributed by atoms with Crippen molar-refractivity contribution in [3.05, 3.63) is 47.5 Å². The Balaban J connectivity index is 1.97. The summed E-state index contributed by atoms with van der Waals surface area (Å²) in [6, 6.07) is 7.08. The molecule has 1 N–H and O–H groups in total. The molecule has 0 fully saturated rings. The fourth-order valence-electron chi connectivity index (χ4n) is 1.30. The summed E-state index contributed by atoms with van der Waals surface area (Å²) in [6.45, 7) is 1.90. The second kappa shape index (κ2) is 5.05. The highest BCUT2D eigenvalue weighted by Gasteiger charge is 2.04. The highest BCUT2D eigenvalue weighted by molar-refractivity contribution is 7.98. The number of rotatable bonds is 4. The molecule has 2 rings (SSSR count). The fourth-order valence-corrected chi connectivity index (χ4v) is 2.04. The summed E-state index contributed by atoms with van der Waals surface area (Å²) in [4.78, 5) is 14.7. The van der Waals surface area contributed by atoms with Gasteiger partial charge in [0, 0.05) is 6.20 Å². The molecule has 0 aliphatic heterocycles. The second-order valence-electron chi connectivity index (χ2n) is 3.49. The number of nitrogens with zero attached hydrogens (tertiary/aromatic N) is 1. The van der Waals surface area contributed by atoms with Gasteiger partial charge in [-0.1, -0.05) is 11.8 Å². The summed E-state index contributed by atoms with van der Waals surface area (Å²) in [5.41, 5.74) is 0.197. The van der Waals surface area contributed by atoms with E-state index in [1.54, 1.807) is 12.1 Å². The molecule has 0 amide bonds. The number of aryl methyl sites for hydroxylation is 1. The summed E-state index contributed by atoms with van der Waals surface area (Å²) < 4.78 is 5.42. The molecule has 2 heterocycles. The van der Waals surface area contributed by atoms with Crippen LogP contribution in [0.5, 0.6) is 0 Å². The van der Waals surface area contributed by atoms with Gasteiger partial charge in [-0.2, -0.15) is 0 Å². The van der Waals surface area contributed by atoms with Gasteiger partial charge in [-0.3, -0.25) is 0 Å². The van der Waals surface area contributed by atoms with Crippen molar-refractivity contribution in [1.29, 1.82) is 0 Å². The molecule has 0 bridgehead atoms. The summed E-state index contributed by atoms with van der Waals surface area (Å²) in [6.07, 6.45) is 1.36. The largest absolute Gasteiger partial charge is 0.478 e. The Kier molecular flexibility index (Phi) is 3.49. The Morgan fingerprint density at radius 1 is 1.41 bits per heavy atom. The van der Waals surface area contributed by atoms with Crippen LogP contribution in [0.2, 0.25) is 0 Å². The molecule has 0 aliphatic rings. The monoisotopic (exact) mass is 249 g/mol. The highest BCUT2D eigenvalue weighted by atomic mass is 32.2. The predicted molar refractivity (Wildman–Crippen MR) is 64.2 cm³/mol. The molecule has 0 atom stereocenters. The van der Waals surface area contributed by atoms with Gasteiger partial charge in [-0.05, 0) is 31.2 Å². The summed E-state index contributed by atoms with van der Waals surface area (Å²) in [5, 5.41) is 9.51. The highest BCUT2D eigenvalue weighted by Crippen LogP contribution is 2.21. The molecule has 0 aliphatic carbocycles. The van der Waals surface area contributed by atoms with Crippen LogP contribution in [0.25, 0.3) is 0 Å². The maximum Gasteiger partial charge on any atom is 0.337 e. The zero-order valence-corrected chi connectivity index (χ0v) is 10.0. The van der Waals surface area contributed by atoms with Gasteiger partial charge in [-0.25, -0.2) is 9.78 Å². The van der Waals surface area contributed by atoms with Gasteiger partial charge in [0.25, 0.3) is 0 Å². The zero-order chi connectivity index (χ0) is 12.3. The van der Waals surface area contributed by atoms with E-state index >= 15 is 0 Å². The van der Waals surface area contributed by atoms with E-state index in [0.29, 0.717) is 5.75 Å². The van der Waals surface area contributed by atoms with Gasteiger partial charge >= 0.3 is 5.97 Å². The molecule has 0 spiro atoms. The zero-order valence-electron chi connectivity index (χ0n) is 9.21. The normalized spacial score (nSPS) is 10.4. The minimum absolute atomic E-state index is 0.197. The lowest BCUT2D eigenvalue weighted by molar-refractivity contribution is 0.0696. The fraction of sp³-hybridized carbons (Fsp3) is 0.167. The number of carboxylic acids is 1.